The molecule has 2 aromatic rings. The lowest BCUT2D eigenvalue weighted by atomic mass is 10.1. The summed E-state index contributed by atoms with van der Waals surface area (Å²) in [6.45, 7) is 5.43. The van der Waals surface area contributed by atoms with Crippen molar-refractivity contribution in [2.45, 2.75) is 27.3 Å². The topological polar surface area (TPSA) is 131 Å². The van der Waals surface area contributed by atoms with Crippen molar-refractivity contribution in [3.63, 3.8) is 0 Å². The number of carbonyl (C=O) groups is 2. The van der Waals surface area contributed by atoms with Crippen LogP contribution in [-0.4, -0.2) is 30.0 Å². The lowest BCUT2D eigenvalue weighted by molar-refractivity contribution is -0.121. The highest BCUT2D eigenvalue weighted by atomic mass is 32.1. The van der Waals surface area contributed by atoms with Crippen molar-refractivity contribution in [1.82, 2.24) is 9.88 Å². The third-order valence-electron chi connectivity index (χ3n) is 4.53. The molecule has 0 unspecified atom stereocenters. The summed E-state index contributed by atoms with van der Waals surface area (Å²) in [4.78, 5) is 38.8. The van der Waals surface area contributed by atoms with Gasteiger partial charge in [0.25, 0.3) is 11.5 Å². The number of nitrogens with one attached hydrogen (secondary N) is 2. The Hall–Kier alpha value is -3.89. The maximum Gasteiger partial charge on any atom is 0.270 e. The number of thiazole rings is 1. The molecule has 9 nitrogen and oxygen atoms in total. The van der Waals surface area contributed by atoms with E-state index in [4.69, 9.17) is 5.26 Å². The van der Waals surface area contributed by atoms with Crippen molar-refractivity contribution in [1.29, 1.82) is 10.5 Å². The Kier molecular flexibility index (Phi) is 8.33. The Morgan fingerprint density at radius 2 is 2.03 bits per heavy atom. The fourth-order valence-electron chi connectivity index (χ4n) is 2.86. The van der Waals surface area contributed by atoms with E-state index in [0.29, 0.717) is 15.9 Å². The van der Waals surface area contributed by atoms with Crippen LogP contribution in [0.25, 0.3) is 11.8 Å². The minimum Gasteiger partial charge on any atom is -0.360 e. The predicted molar refractivity (Wildman–Crippen MR) is 124 cm³/mol. The maximum absolute atomic E-state index is 12.8. The smallest absolute Gasteiger partial charge is 0.270 e. The Balaban J connectivity index is 2.47. The molecule has 1 aromatic heterocycles. The van der Waals surface area contributed by atoms with Crippen LogP contribution in [0.15, 0.2) is 29.1 Å². The molecule has 0 atom stereocenters. The fourth-order valence-corrected chi connectivity index (χ4v) is 3.95. The molecule has 1 aromatic carbocycles. The third kappa shape index (κ3) is 5.42. The summed E-state index contributed by atoms with van der Waals surface area (Å²) in [6, 6.07) is 10.8. The second kappa shape index (κ2) is 10.9. The van der Waals surface area contributed by atoms with Gasteiger partial charge in [0.15, 0.2) is 5.57 Å². The SMILES string of the molecule is CCn1c(=C(C#N)C(=O)NCC#N)sc(=CNc2cccc(N(C)C(=O)C(C)C)c2)c1=O. The number of carbonyl (C=O) groups excluding carboxylic acids is 2. The van der Waals surface area contributed by atoms with Crippen LogP contribution >= 0.6 is 11.3 Å². The van der Waals surface area contributed by atoms with Gasteiger partial charge in [0, 0.05) is 37.1 Å². The average Bonchev–Trinajstić information content (AvgIpc) is 3.10. The first-order valence-electron chi connectivity index (χ1n) is 9.88. The van der Waals surface area contributed by atoms with Gasteiger partial charge >= 0.3 is 0 Å². The molecule has 0 aliphatic carbocycles. The molecule has 0 aliphatic heterocycles. The van der Waals surface area contributed by atoms with Crippen molar-refractivity contribution in [2.75, 3.05) is 23.8 Å². The lowest BCUT2D eigenvalue weighted by Gasteiger charge is -2.20. The van der Waals surface area contributed by atoms with E-state index in [1.807, 2.05) is 26.0 Å². The molecule has 1 heterocycles. The first-order chi connectivity index (χ1) is 15.2. The Morgan fingerprint density at radius 1 is 1.31 bits per heavy atom. The summed E-state index contributed by atoms with van der Waals surface area (Å²) in [5.41, 5.74) is 0.803. The summed E-state index contributed by atoms with van der Waals surface area (Å²) >= 11 is 1.01. The Labute approximate surface area is 189 Å². The number of aromatic nitrogens is 1. The highest BCUT2D eigenvalue weighted by Gasteiger charge is 2.16. The van der Waals surface area contributed by atoms with E-state index in [2.05, 4.69) is 10.6 Å². The summed E-state index contributed by atoms with van der Waals surface area (Å²) in [5, 5.41) is 23.5. The van der Waals surface area contributed by atoms with E-state index in [-0.39, 0.29) is 40.7 Å². The van der Waals surface area contributed by atoms with Crippen LogP contribution in [0.2, 0.25) is 0 Å². The van der Waals surface area contributed by atoms with Crippen LogP contribution in [0, 0.1) is 28.6 Å². The molecule has 166 valence electrons. The van der Waals surface area contributed by atoms with E-state index in [0.717, 1.165) is 11.3 Å². The number of nitrogens with zero attached hydrogens (tertiary/aromatic N) is 4. The molecule has 0 spiro atoms. The second-order valence-electron chi connectivity index (χ2n) is 7.04. The van der Waals surface area contributed by atoms with Gasteiger partial charge in [-0.3, -0.25) is 19.0 Å². The molecule has 2 amide bonds. The van der Waals surface area contributed by atoms with Crippen LogP contribution in [0.1, 0.15) is 20.8 Å². The maximum atomic E-state index is 12.8. The van der Waals surface area contributed by atoms with Gasteiger partial charge in [-0.05, 0) is 25.1 Å². The summed E-state index contributed by atoms with van der Waals surface area (Å²) in [6.07, 6.45) is 1.51. The number of hydrogen-bond donors (Lipinski definition) is 2. The van der Waals surface area contributed by atoms with Gasteiger partial charge in [-0.25, -0.2) is 0 Å². The second-order valence-corrected chi connectivity index (χ2v) is 8.07. The molecule has 0 saturated carbocycles. The van der Waals surface area contributed by atoms with Gasteiger partial charge in [0.05, 0.1) is 6.07 Å². The molecule has 32 heavy (non-hydrogen) atoms. The Morgan fingerprint density at radius 3 is 2.62 bits per heavy atom. The minimum atomic E-state index is -0.706. The monoisotopic (exact) mass is 452 g/mol. The van der Waals surface area contributed by atoms with Gasteiger partial charge in [-0.2, -0.15) is 10.5 Å². The number of anilines is 2. The van der Waals surface area contributed by atoms with Crippen LogP contribution in [0.4, 0.5) is 11.4 Å². The van der Waals surface area contributed by atoms with E-state index in [9.17, 15) is 19.6 Å². The standard InChI is InChI=1S/C22H24N6O3S/c1-5-28-21(31)18(32-22(28)17(12-24)19(29)25-10-9-23)13-26-15-7-6-8-16(11-15)27(4)20(30)14(2)3/h6-8,11,13-14,26H,5,10H2,1-4H3,(H,25,29). The molecule has 0 aliphatic rings. The largest absolute Gasteiger partial charge is 0.360 e. The highest BCUT2D eigenvalue weighted by Crippen LogP contribution is 2.20. The number of amides is 2. The van der Waals surface area contributed by atoms with E-state index < -0.39 is 5.91 Å². The molecular weight excluding hydrogens is 428 g/mol. The fraction of sp³-hybridized carbons (Fsp3) is 0.318. The van der Waals surface area contributed by atoms with E-state index in [1.165, 1.54) is 10.8 Å². The van der Waals surface area contributed by atoms with E-state index in [1.54, 1.807) is 43.1 Å². The molecule has 10 heteroatoms. The van der Waals surface area contributed by atoms with Gasteiger partial charge < -0.3 is 15.5 Å². The molecule has 2 N–H and O–H groups in total. The van der Waals surface area contributed by atoms with Crippen LogP contribution < -0.4 is 30.3 Å². The third-order valence-corrected chi connectivity index (χ3v) is 5.66. The van der Waals surface area contributed by atoms with Gasteiger partial charge in [-0.15, -0.1) is 11.3 Å². The number of benzene rings is 1. The molecular formula is C22H24N6O3S. The molecule has 0 fully saturated rings. The zero-order chi connectivity index (χ0) is 23.8. The molecule has 0 saturated heterocycles. The highest BCUT2D eigenvalue weighted by molar-refractivity contribution is 7.07. The number of nitriles is 2. The van der Waals surface area contributed by atoms with Gasteiger partial charge in [0.1, 0.15) is 21.8 Å². The van der Waals surface area contributed by atoms with Crippen LogP contribution in [0.5, 0.6) is 0 Å². The van der Waals surface area contributed by atoms with Crippen LogP contribution in [-0.2, 0) is 16.1 Å². The lowest BCUT2D eigenvalue weighted by Crippen LogP contribution is -2.34. The first-order valence-corrected chi connectivity index (χ1v) is 10.7. The van der Waals surface area contributed by atoms with Crippen molar-refractivity contribution in [3.05, 3.63) is 43.8 Å². The summed E-state index contributed by atoms with van der Waals surface area (Å²) < 4.78 is 1.87. The summed E-state index contributed by atoms with van der Waals surface area (Å²) in [7, 11) is 1.70. The Bertz CT molecular complexity index is 1280. The first kappa shape index (κ1) is 24.4. The predicted octanol–water partition coefficient (Wildman–Crippen LogP) is 0.713. The van der Waals surface area contributed by atoms with Crippen molar-refractivity contribution >= 4 is 46.3 Å². The quantitative estimate of drug-likeness (QED) is 0.595. The normalized spacial score (nSPS) is 12.0. The van der Waals surface area contributed by atoms with Crippen molar-refractivity contribution < 1.29 is 9.59 Å². The van der Waals surface area contributed by atoms with Crippen molar-refractivity contribution in [2.24, 2.45) is 5.92 Å². The summed E-state index contributed by atoms with van der Waals surface area (Å²) in [5.74, 6) is -0.868. The van der Waals surface area contributed by atoms with Crippen molar-refractivity contribution in [3.8, 4) is 12.1 Å². The molecule has 0 bridgehead atoms. The average molecular weight is 453 g/mol. The van der Waals surface area contributed by atoms with Gasteiger partial charge in [-0.1, -0.05) is 19.9 Å². The number of hydrogen-bond acceptors (Lipinski definition) is 7. The minimum absolute atomic E-state index is 0.0193. The molecule has 2 rings (SSSR count). The zero-order valence-electron chi connectivity index (χ0n) is 18.3. The zero-order valence-corrected chi connectivity index (χ0v) is 19.1. The van der Waals surface area contributed by atoms with E-state index >= 15 is 0 Å². The van der Waals surface area contributed by atoms with Gasteiger partial charge in [0.2, 0.25) is 5.91 Å². The van der Waals surface area contributed by atoms with Crippen LogP contribution in [0.3, 0.4) is 0 Å². The molecule has 0 radical (unpaired) electrons. The number of rotatable bonds is 7.